The van der Waals surface area contributed by atoms with Crippen molar-refractivity contribution in [2.24, 2.45) is 4.99 Å². The zero-order valence-electron chi connectivity index (χ0n) is 18.3. The summed E-state index contributed by atoms with van der Waals surface area (Å²) in [5, 5.41) is 16.8. The number of hydrogen-bond acceptors (Lipinski definition) is 6. The summed E-state index contributed by atoms with van der Waals surface area (Å²) < 4.78 is 0. The number of aliphatic hydroxyl groups excluding tert-OH is 1. The lowest BCUT2D eigenvalue weighted by molar-refractivity contribution is -0.121. The number of carbonyl (C=O) groups excluding carboxylic acids is 1. The van der Waals surface area contributed by atoms with Gasteiger partial charge >= 0.3 is 0 Å². The van der Waals surface area contributed by atoms with Gasteiger partial charge in [0.1, 0.15) is 6.04 Å². The summed E-state index contributed by atoms with van der Waals surface area (Å²) in [5.74, 6) is 0.0224. The predicted molar refractivity (Wildman–Crippen MR) is 133 cm³/mol. The topological polar surface area (TPSA) is 68.2 Å². The molecular weight excluding hydrogens is 432 g/mol. The molecule has 2 saturated heterocycles. The lowest BCUT2D eigenvalue weighted by Gasteiger charge is -2.38. The summed E-state index contributed by atoms with van der Waals surface area (Å²) in [6.07, 6.45) is 2.07. The molecule has 1 aromatic heterocycles. The fourth-order valence-electron chi connectivity index (χ4n) is 4.91. The molecule has 6 rings (SSSR count). The van der Waals surface area contributed by atoms with Gasteiger partial charge in [-0.3, -0.25) is 9.69 Å². The molecule has 33 heavy (non-hydrogen) atoms. The molecule has 0 bridgehead atoms. The molecule has 168 valence electrons. The van der Waals surface area contributed by atoms with Gasteiger partial charge < -0.3 is 15.3 Å². The van der Waals surface area contributed by atoms with Gasteiger partial charge in [-0.2, -0.15) is 11.3 Å². The van der Waals surface area contributed by atoms with E-state index in [2.05, 4.69) is 55.8 Å². The number of hydrogen-bond donors (Lipinski definition) is 2. The van der Waals surface area contributed by atoms with Crippen LogP contribution < -0.4 is 10.2 Å². The summed E-state index contributed by atoms with van der Waals surface area (Å²) in [4.78, 5) is 22.4. The van der Waals surface area contributed by atoms with Gasteiger partial charge in [0.15, 0.2) is 0 Å². The molecule has 1 amide bonds. The second-order valence-corrected chi connectivity index (χ2v) is 9.77. The normalized spacial score (nSPS) is 18.8. The number of β-amino-alcohol motifs (C(OH)–C–C–N with tert-alkyl or cyclic N) is 1. The molecule has 2 aromatic carbocycles. The summed E-state index contributed by atoms with van der Waals surface area (Å²) in [7, 11) is 0. The standard InChI is InChI=1S/C26H26N4O2S/c31-21-14-30(15-21)20-6-3-17(4-7-20)24-22-13-19(5-8-23(22)28-24)27-26(32)25(18-9-12-33-16-18)29-10-1-2-11-29/h3-9,12-13,16,21,25,31H,1-2,10-11,14-15H2,(H,27,32). The first-order valence-corrected chi connectivity index (χ1v) is 12.4. The van der Waals surface area contributed by atoms with Crippen molar-refractivity contribution in [3.63, 3.8) is 0 Å². The van der Waals surface area contributed by atoms with Crippen LogP contribution in [0, 0.1) is 0 Å². The van der Waals surface area contributed by atoms with E-state index in [1.165, 1.54) is 0 Å². The van der Waals surface area contributed by atoms with Crippen LogP contribution in [0.2, 0.25) is 0 Å². The van der Waals surface area contributed by atoms with Crippen molar-refractivity contribution in [3.8, 4) is 0 Å². The maximum absolute atomic E-state index is 13.3. The van der Waals surface area contributed by atoms with Crippen LogP contribution in [0.1, 0.15) is 35.6 Å². The molecule has 3 aliphatic heterocycles. The first-order valence-electron chi connectivity index (χ1n) is 11.5. The molecule has 0 spiro atoms. The monoisotopic (exact) mass is 458 g/mol. The number of aliphatic hydroxyl groups is 1. The molecule has 3 aliphatic rings. The highest BCUT2D eigenvalue weighted by atomic mass is 32.1. The molecule has 0 saturated carbocycles. The van der Waals surface area contributed by atoms with Crippen LogP contribution in [0.25, 0.3) is 0 Å². The number of aliphatic imine (C=N–C) groups is 1. The van der Waals surface area contributed by atoms with Gasteiger partial charge in [-0.05, 0) is 78.7 Å². The number of fused-ring (bicyclic) bond motifs is 1. The Hall–Kier alpha value is -3.00. The lowest BCUT2D eigenvalue weighted by Crippen LogP contribution is -2.50. The third-order valence-electron chi connectivity index (χ3n) is 6.73. The fraction of sp³-hybridized carbons (Fsp3) is 0.308. The average Bonchev–Trinajstić information content (AvgIpc) is 3.50. The minimum atomic E-state index is -0.245. The molecule has 0 radical (unpaired) electrons. The molecule has 3 aromatic rings. The Labute approximate surface area is 197 Å². The first kappa shape index (κ1) is 20.6. The summed E-state index contributed by atoms with van der Waals surface area (Å²) in [6, 6.07) is 16.1. The Morgan fingerprint density at radius 2 is 1.88 bits per heavy atom. The largest absolute Gasteiger partial charge is 0.389 e. The lowest BCUT2D eigenvalue weighted by atomic mass is 9.94. The molecule has 0 aliphatic carbocycles. The van der Waals surface area contributed by atoms with Crippen molar-refractivity contribution in [3.05, 3.63) is 76.0 Å². The van der Waals surface area contributed by atoms with Crippen molar-refractivity contribution in [2.75, 3.05) is 36.4 Å². The van der Waals surface area contributed by atoms with E-state index >= 15 is 0 Å². The maximum atomic E-state index is 13.3. The Balaban J connectivity index is 1.18. The number of benzene rings is 2. The second-order valence-electron chi connectivity index (χ2n) is 8.99. The first-order chi connectivity index (χ1) is 16.2. The van der Waals surface area contributed by atoms with Gasteiger partial charge in [0.2, 0.25) is 5.91 Å². The van der Waals surface area contributed by atoms with Crippen LogP contribution >= 0.6 is 11.3 Å². The van der Waals surface area contributed by atoms with Gasteiger partial charge in [-0.25, -0.2) is 4.99 Å². The van der Waals surface area contributed by atoms with Crippen molar-refractivity contribution in [1.82, 2.24) is 4.90 Å². The summed E-state index contributed by atoms with van der Waals surface area (Å²) in [5.41, 5.74) is 7.01. The van der Waals surface area contributed by atoms with E-state index in [0.717, 1.165) is 65.4 Å². The zero-order valence-corrected chi connectivity index (χ0v) is 19.1. The number of rotatable bonds is 6. The van der Waals surface area contributed by atoms with Crippen LogP contribution in [0.3, 0.4) is 0 Å². The van der Waals surface area contributed by atoms with Crippen molar-refractivity contribution in [2.45, 2.75) is 25.0 Å². The highest BCUT2D eigenvalue weighted by Crippen LogP contribution is 2.36. The van der Waals surface area contributed by atoms with E-state index in [9.17, 15) is 9.90 Å². The molecule has 1 atom stereocenters. The molecule has 7 heteroatoms. The van der Waals surface area contributed by atoms with Crippen molar-refractivity contribution >= 4 is 40.0 Å². The second kappa shape index (κ2) is 8.41. The molecule has 4 heterocycles. The van der Waals surface area contributed by atoms with Gasteiger partial charge in [0, 0.05) is 35.6 Å². The van der Waals surface area contributed by atoms with E-state index in [-0.39, 0.29) is 18.1 Å². The molecular formula is C26H26N4O2S. The van der Waals surface area contributed by atoms with Crippen molar-refractivity contribution in [1.29, 1.82) is 0 Å². The SMILES string of the molecule is O=C(Nc1ccc2c(c1)C(c1ccc(N3CC(O)C3)cc1)=N2)C(c1ccsc1)N1CCCC1. The predicted octanol–water partition coefficient (Wildman–Crippen LogP) is 4.19. The van der Waals surface area contributed by atoms with E-state index in [1.807, 2.05) is 23.6 Å². The van der Waals surface area contributed by atoms with Crippen LogP contribution in [0.15, 0.2) is 64.3 Å². The van der Waals surface area contributed by atoms with E-state index in [0.29, 0.717) is 13.1 Å². The van der Waals surface area contributed by atoms with Gasteiger partial charge in [0.05, 0.1) is 17.5 Å². The zero-order chi connectivity index (χ0) is 22.4. The Morgan fingerprint density at radius 1 is 1.09 bits per heavy atom. The van der Waals surface area contributed by atoms with Gasteiger partial charge in [0.25, 0.3) is 0 Å². The van der Waals surface area contributed by atoms with E-state index < -0.39 is 0 Å². The highest BCUT2D eigenvalue weighted by molar-refractivity contribution is 7.08. The minimum Gasteiger partial charge on any atom is -0.389 e. The minimum absolute atomic E-state index is 0.0224. The number of anilines is 2. The Bertz CT molecular complexity index is 1190. The van der Waals surface area contributed by atoms with E-state index in [1.54, 1.807) is 11.3 Å². The third kappa shape index (κ3) is 3.86. The van der Waals surface area contributed by atoms with Crippen molar-refractivity contribution < 1.29 is 9.90 Å². The Kier molecular flexibility index (Phi) is 5.25. The quantitative estimate of drug-likeness (QED) is 0.455. The Morgan fingerprint density at radius 3 is 2.58 bits per heavy atom. The van der Waals surface area contributed by atoms with Crippen LogP contribution in [0.4, 0.5) is 17.1 Å². The van der Waals surface area contributed by atoms with Crippen LogP contribution in [-0.4, -0.2) is 53.9 Å². The van der Waals surface area contributed by atoms with Crippen LogP contribution in [-0.2, 0) is 4.79 Å². The van der Waals surface area contributed by atoms with Crippen LogP contribution in [0.5, 0.6) is 0 Å². The third-order valence-corrected chi connectivity index (χ3v) is 7.43. The number of nitrogens with zero attached hydrogens (tertiary/aromatic N) is 3. The number of nitrogens with one attached hydrogen (secondary N) is 1. The fourth-order valence-corrected chi connectivity index (χ4v) is 5.59. The van der Waals surface area contributed by atoms with Gasteiger partial charge in [-0.1, -0.05) is 12.1 Å². The molecule has 1 unspecified atom stereocenters. The van der Waals surface area contributed by atoms with E-state index in [4.69, 9.17) is 0 Å². The number of amides is 1. The molecule has 2 N–H and O–H groups in total. The number of carbonyl (C=O) groups is 1. The number of likely N-dealkylation sites (tertiary alicyclic amines) is 1. The summed E-state index contributed by atoms with van der Waals surface area (Å²) in [6.45, 7) is 3.30. The average molecular weight is 459 g/mol. The molecule has 2 fully saturated rings. The smallest absolute Gasteiger partial charge is 0.246 e. The highest BCUT2D eigenvalue weighted by Gasteiger charge is 2.31. The van der Waals surface area contributed by atoms with Gasteiger partial charge in [-0.15, -0.1) is 0 Å². The summed E-state index contributed by atoms with van der Waals surface area (Å²) >= 11 is 1.63. The molecule has 6 nitrogen and oxygen atoms in total. The number of thiophene rings is 1. The maximum Gasteiger partial charge on any atom is 0.246 e.